The van der Waals surface area contributed by atoms with E-state index in [1.54, 1.807) is 6.07 Å². The molecule has 0 bridgehead atoms. The number of esters is 1. The Bertz CT molecular complexity index is 1010. The molecule has 1 amide bonds. The van der Waals surface area contributed by atoms with Crippen LogP contribution in [0.2, 0.25) is 0 Å². The fourth-order valence-electron chi connectivity index (χ4n) is 3.87. The molecule has 1 fully saturated rings. The van der Waals surface area contributed by atoms with Crippen molar-refractivity contribution in [1.82, 2.24) is 4.90 Å². The molecule has 1 heterocycles. The number of amides is 1. The van der Waals surface area contributed by atoms with Crippen molar-refractivity contribution >= 4 is 17.6 Å². The van der Waals surface area contributed by atoms with Crippen molar-refractivity contribution < 1.29 is 32.4 Å². The van der Waals surface area contributed by atoms with E-state index in [9.17, 15) is 32.9 Å². The summed E-state index contributed by atoms with van der Waals surface area (Å²) >= 11 is 0. The first-order chi connectivity index (χ1) is 15.1. The SMILES string of the molecule is COC(=O)C1CC(c2cccc(C(F)(F)F)c2)CN(C(=O)Cc2ccc([N+](=O)[O-])cc2)C1. The maximum absolute atomic E-state index is 13.1. The number of carbonyl (C=O) groups excluding carboxylic acids is 2. The third-order valence-corrected chi connectivity index (χ3v) is 5.53. The number of alkyl halides is 3. The van der Waals surface area contributed by atoms with E-state index in [2.05, 4.69) is 0 Å². The van der Waals surface area contributed by atoms with Crippen LogP contribution in [0.25, 0.3) is 0 Å². The molecule has 1 saturated heterocycles. The molecule has 10 heteroatoms. The monoisotopic (exact) mass is 450 g/mol. The highest BCUT2D eigenvalue weighted by Gasteiger charge is 2.36. The molecular formula is C22H21F3N2O5. The van der Waals surface area contributed by atoms with E-state index in [4.69, 9.17) is 4.74 Å². The van der Waals surface area contributed by atoms with Gasteiger partial charge in [-0.15, -0.1) is 0 Å². The third kappa shape index (κ3) is 5.43. The van der Waals surface area contributed by atoms with Crippen LogP contribution in [-0.2, 0) is 26.9 Å². The lowest BCUT2D eigenvalue weighted by Gasteiger charge is -2.37. The van der Waals surface area contributed by atoms with E-state index in [-0.39, 0.29) is 37.5 Å². The molecule has 7 nitrogen and oxygen atoms in total. The molecule has 1 aliphatic heterocycles. The van der Waals surface area contributed by atoms with Crippen LogP contribution in [0, 0.1) is 16.0 Å². The Morgan fingerprint density at radius 2 is 1.84 bits per heavy atom. The van der Waals surface area contributed by atoms with Gasteiger partial charge in [0.2, 0.25) is 5.91 Å². The van der Waals surface area contributed by atoms with Gasteiger partial charge in [-0.2, -0.15) is 13.2 Å². The number of halogens is 3. The quantitative estimate of drug-likeness (QED) is 0.391. The highest BCUT2D eigenvalue weighted by molar-refractivity contribution is 5.80. The molecule has 0 spiro atoms. The zero-order valence-corrected chi connectivity index (χ0v) is 17.2. The fraction of sp³-hybridized carbons (Fsp3) is 0.364. The molecule has 0 saturated carbocycles. The number of nitro groups is 1. The first-order valence-corrected chi connectivity index (χ1v) is 9.84. The number of non-ortho nitro benzene ring substituents is 1. The molecule has 2 atom stereocenters. The lowest BCUT2D eigenvalue weighted by molar-refractivity contribution is -0.384. The lowest BCUT2D eigenvalue weighted by Crippen LogP contribution is -2.46. The fourth-order valence-corrected chi connectivity index (χ4v) is 3.87. The standard InChI is InChI=1S/C22H21F3N2O5/c1-32-21(29)17-10-16(15-3-2-4-18(11-15)22(23,24)25)12-26(13-17)20(28)9-14-5-7-19(8-6-14)27(30)31/h2-8,11,16-17H,9-10,12-13H2,1H3. The second kappa shape index (κ2) is 9.37. The number of ether oxygens (including phenoxy) is 1. The summed E-state index contributed by atoms with van der Waals surface area (Å²) in [5.41, 5.74) is 0.0476. The summed E-state index contributed by atoms with van der Waals surface area (Å²) in [6.45, 7) is 0.245. The zero-order valence-electron chi connectivity index (χ0n) is 17.2. The van der Waals surface area contributed by atoms with Crippen LogP contribution in [0.3, 0.4) is 0 Å². The Kier molecular flexibility index (Phi) is 6.81. The molecule has 170 valence electrons. The number of hydrogen-bond donors (Lipinski definition) is 0. The van der Waals surface area contributed by atoms with Gasteiger partial charge < -0.3 is 9.64 Å². The minimum absolute atomic E-state index is 0.0544. The minimum atomic E-state index is -4.50. The highest BCUT2D eigenvalue weighted by atomic mass is 19.4. The van der Waals surface area contributed by atoms with Gasteiger partial charge in [0.15, 0.2) is 0 Å². The van der Waals surface area contributed by atoms with Crippen molar-refractivity contribution in [3.8, 4) is 0 Å². The molecule has 2 aromatic rings. The third-order valence-electron chi connectivity index (χ3n) is 5.53. The summed E-state index contributed by atoms with van der Waals surface area (Å²) < 4.78 is 44.2. The summed E-state index contributed by atoms with van der Waals surface area (Å²) in [6, 6.07) is 10.4. The van der Waals surface area contributed by atoms with Crippen LogP contribution >= 0.6 is 0 Å². The van der Waals surface area contributed by atoms with Crippen LogP contribution in [0.1, 0.15) is 29.0 Å². The molecule has 0 N–H and O–H groups in total. The predicted molar refractivity (Wildman–Crippen MR) is 108 cm³/mol. The molecular weight excluding hydrogens is 429 g/mol. The molecule has 1 aliphatic rings. The molecule has 0 aliphatic carbocycles. The van der Waals surface area contributed by atoms with Crippen molar-refractivity contribution in [1.29, 1.82) is 0 Å². The average molecular weight is 450 g/mol. The van der Waals surface area contributed by atoms with Crippen molar-refractivity contribution in [3.05, 3.63) is 75.3 Å². The van der Waals surface area contributed by atoms with Crippen LogP contribution in [0.4, 0.5) is 18.9 Å². The van der Waals surface area contributed by atoms with Gasteiger partial charge in [0, 0.05) is 31.1 Å². The van der Waals surface area contributed by atoms with Crippen molar-refractivity contribution in [2.24, 2.45) is 5.92 Å². The minimum Gasteiger partial charge on any atom is -0.469 e. The Morgan fingerprint density at radius 3 is 2.44 bits per heavy atom. The molecule has 3 rings (SSSR count). The number of nitro benzene ring substituents is 1. The van der Waals surface area contributed by atoms with Gasteiger partial charge >= 0.3 is 12.1 Å². The first-order valence-electron chi connectivity index (χ1n) is 9.84. The van der Waals surface area contributed by atoms with Crippen LogP contribution in [-0.4, -0.2) is 41.9 Å². The number of nitrogens with zero attached hydrogens (tertiary/aromatic N) is 2. The Labute approximate surface area is 181 Å². The summed E-state index contributed by atoms with van der Waals surface area (Å²) in [5.74, 6) is -2.01. The molecule has 0 aromatic heterocycles. The second-order valence-corrected chi connectivity index (χ2v) is 7.67. The van der Waals surface area contributed by atoms with Gasteiger partial charge in [-0.1, -0.05) is 30.3 Å². The summed E-state index contributed by atoms with van der Waals surface area (Å²) in [5, 5.41) is 10.8. The van der Waals surface area contributed by atoms with Gasteiger partial charge in [-0.05, 0) is 23.6 Å². The van der Waals surface area contributed by atoms with Gasteiger partial charge in [0.25, 0.3) is 5.69 Å². The van der Waals surface area contributed by atoms with Crippen LogP contribution in [0.5, 0.6) is 0 Å². The van der Waals surface area contributed by atoms with Gasteiger partial charge in [-0.25, -0.2) is 0 Å². The Balaban J connectivity index is 1.81. The van der Waals surface area contributed by atoms with E-state index in [1.165, 1.54) is 42.3 Å². The molecule has 2 unspecified atom stereocenters. The predicted octanol–water partition coefficient (Wildman–Crippen LogP) is 3.96. The van der Waals surface area contributed by atoms with Crippen molar-refractivity contribution in [2.75, 3.05) is 20.2 Å². The van der Waals surface area contributed by atoms with Crippen LogP contribution < -0.4 is 0 Å². The zero-order chi connectivity index (χ0) is 23.5. The largest absolute Gasteiger partial charge is 0.469 e. The smallest absolute Gasteiger partial charge is 0.416 e. The van der Waals surface area contributed by atoms with Gasteiger partial charge in [0.1, 0.15) is 0 Å². The number of methoxy groups -OCH3 is 1. The first kappa shape index (κ1) is 23.2. The topological polar surface area (TPSA) is 89.8 Å². The number of hydrogen-bond acceptors (Lipinski definition) is 5. The van der Waals surface area contributed by atoms with Crippen molar-refractivity contribution in [3.63, 3.8) is 0 Å². The number of rotatable bonds is 5. The Morgan fingerprint density at radius 1 is 1.16 bits per heavy atom. The maximum atomic E-state index is 13.1. The Hall–Kier alpha value is -3.43. The number of likely N-dealkylation sites (tertiary alicyclic amines) is 1. The summed E-state index contributed by atoms with van der Waals surface area (Å²) in [4.78, 5) is 36.8. The van der Waals surface area contributed by atoms with Gasteiger partial charge in [0.05, 0.1) is 29.9 Å². The summed E-state index contributed by atoms with van der Waals surface area (Å²) in [6.07, 6.45) is -4.30. The number of carbonyl (C=O) groups is 2. The van der Waals surface area contributed by atoms with E-state index in [0.717, 1.165) is 12.1 Å². The van der Waals surface area contributed by atoms with E-state index in [0.29, 0.717) is 11.1 Å². The number of benzene rings is 2. The normalized spacial score (nSPS) is 18.8. The maximum Gasteiger partial charge on any atom is 0.416 e. The summed E-state index contributed by atoms with van der Waals surface area (Å²) in [7, 11) is 1.22. The lowest BCUT2D eigenvalue weighted by atomic mass is 9.83. The van der Waals surface area contributed by atoms with Gasteiger partial charge in [-0.3, -0.25) is 19.7 Å². The second-order valence-electron chi connectivity index (χ2n) is 7.67. The van der Waals surface area contributed by atoms with E-state index >= 15 is 0 Å². The van der Waals surface area contributed by atoms with E-state index < -0.39 is 34.5 Å². The highest BCUT2D eigenvalue weighted by Crippen LogP contribution is 2.35. The molecule has 0 radical (unpaired) electrons. The van der Waals surface area contributed by atoms with Crippen LogP contribution in [0.15, 0.2) is 48.5 Å². The molecule has 32 heavy (non-hydrogen) atoms. The van der Waals surface area contributed by atoms with Crippen molar-refractivity contribution in [2.45, 2.75) is 24.9 Å². The van der Waals surface area contributed by atoms with E-state index in [1.807, 2.05) is 0 Å². The molecule has 2 aromatic carbocycles. The number of piperidine rings is 1. The average Bonchev–Trinajstić information content (AvgIpc) is 2.78.